The number of phenols is 2. The molecule has 0 bridgehead atoms. The van der Waals surface area contributed by atoms with E-state index in [0.29, 0.717) is 0 Å². The summed E-state index contributed by atoms with van der Waals surface area (Å²) in [6.45, 7) is 0. The number of anilines is 1. The van der Waals surface area contributed by atoms with Crippen molar-refractivity contribution in [2.24, 2.45) is 0 Å². The van der Waals surface area contributed by atoms with Gasteiger partial charge in [-0.05, 0) is 0 Å². The molecule has 0 aliphatic carbocycles. The third-order valence-corrected chi connectivity index (χ3v) is 1.34. The summed E-state index contributed by atoms with van der Waals surface area (Å²) < 4.78 is 0. The number of rotatable bonds is 1. The van der Waals surface area contributed by atoms with Crippen LogP contribution < -0.4 is 4.90 Å². The predicted molar refractivity (Wildman–Crippen MR) is 42.9 cm³/mol. The van der Waals surface area contributed by atoms with Gasteiger partial charge in [0.15, 0.2) is 0 Å². The third-order valence-electron chi connectivity index (χ3n) is 1.34. The van der Waals surface area contributed by atoms with E-state index in [4.69, 9.17) is 10.2 Å². The molecule has 0 heterocycles. The maximum atomic E-state index is 9.00. The Balaban J connectivity index is 0.00000121. The first-order valence-electron chi connectivity index (χ1n) is 3.22. The number of phenolic OH excluding ortho intramolecular Hbond substituents is 2. The zero-order valence-electron chi connectivity index (χ0n) is 6.83. The zero-order valence-corrected chi connectivity index (χ0v) is 9.22. The molecule has 12 heavy (non-hydrogen) atoms. The van der Waals surface area contributed by atoms with Gasteiger partial charge < -0.3 is 15.1 Å². The second-order valence-electron chi connectivity index (χ2n) is 2.50. The fraction of sp³-hybridized carbons (Fsp3) is 0.250. The van der Waals surface area contributed by atoms with Crippen LogP contribution in [0.3, 0.4) is 0 Å². The van der Waals surface area contributed by atoms with E-state index < -0.39 is 0 Å². The molecule has 1 aromatic carbocycles. The third kappa shape index (κ3) is 2.72. The minimum Gasteiger partial charge on any atom is -0.534 e. The molecule has 0 aliphatic heterocycles. The number of hydrogen-bond donors (Lipinski definition) is 2. The largest absolute Gasteiger partial charge is 0.534 e. The molecule has 0 atom stereocenters. The molecule has 0 saturated heterocycles. The van der Waals surface area contributed by atoms with Crippen LogP contribution in [0.5, 0.6) is 11.5 Å². The second kappa shape index (κ2) is 4.33. The van der Waals surface area contributed by atoms with Gasteiger partial charge in [0, 0.05) is 45.7 Å². The van der Waals surface area contributed by atoms with E-state index in [1.807, 2.05) is 14.1 Å². The van der Waals surface area contributed by atoms with Crippen molar-refractivity contribution >= 4 is 5.69 Å². The Morgan fingerprint density at radius 1 is 1.17 bits per heavy atom. The van der Waals surface area contributed by atoms with Gasteiger partial charge in [-0.25, -0.2) is 0 Å². The first kappa shape index (κ1) is 11.3. The Morgan fingerprint density at radius 3 is 1.92 bits per heavy atom. The van der Waals surface area contributed by atoms with E-state index in [-0.39, 0.29) is 31.6 Å². The van der Waals surface area contributed by atoms with Gasteiger partial charge in [-0.1, -0.05) is 11.8 Å². The Labute approximate surface area is 85.0 Å². The van der Waals surface area contributed by atoms with Crippen molar-refractivity contribution in [3.8, 4) is 11.5 Å². The summed E-state index contributed by atoms with van der Waals surface area (Å²) in [7, 11) is 3.66. The maximum Gasteiger partial charge on any atom is 0.00943 e. The average molecular weight is 344 g/mol. The normalized spacial score (nSPS) is 8.83. The van der Waals surface area contributed by atoms with E-state index in [9.17, 15) is 0 Å². The van der Waals surface area contributed by atoms with E-state index in [1.54, 1.807) is 4.90 Å². The number of nitrogens with zero attached hydrogens (tertiary/aromatic N) is 1. The molecule has 0 fully saturated rings. The van der Waals surface area contributed by atoms with Gasteiger partial charge >= 0.3 is 0 Å². The second-order valence-corrected chi connectivity index (χ2v) is 2.50. The van der Waals surface area contributed by atoms with Crippen molar-refractivity contribution in [3.63, 3.8) is 0 Å². The van der Waals surface area contributed by atoms with Gasteiger partial charge in [0.05, 0.1) is 0 Å². The summed E-state index contributed by atoms with van der Waals surface area (Å²) >= 11 is 0. The fourth-order valence-electron chi connectivity index (χ4n) is 0.783. The molecule has 1 radical (unpaired) electrons. The first-order chi connectivity index (χ1) is 5.09. The topological polar surface area (TPSA) is 43.7 Å². The summed E-state index contributed by atoms with van der Waals surface area (Å²) in [6, 6.07) is 5.40. The molecule has 2 N–H and O–H groups in total. The average Bonchev–Trinajstić information content (AvgIpc) is 1.85. The summed E-state index contributed by atoms with van der Waals surface area (Å²) in [5, 5.41) is 18.0. The molecule has 4 heteroatoms. The van der Waals surface area contributed by atoms with Crippen LogP contribution in [0.25, 0.3) is 0 Å². The van der Waals surface area contributed by atoms with Crippen molar-refractivity contribution in [3.05, 3.63) is 18.2 Å². The van der Waals surface area contributed by atoms with Crippen LogP contribution >= 0.6 is 0 Å². The summed E-state index contributed by atoms with van der Waals surface area (Å²) in [5.74, 6) is -0.0950. The Kier molecular flexibility index (Phi) is 4.07. The van der Waals surface area contributed by atoms with E-state index >= 15 is 0 Å². The van der Waals surface area contributed by atoms with E-state index in [2.05, 4.69) is 6.07 Å². The Hall–Kier alpha value is -0.731. The van der Waals surface area contributed by atoms with E-state index in [0.717, 1.165) is 5.69 Å². The van der Waals surface area contributed by atoms with Crippen molar-refractivity contribution in [1.82, 2.24) is 0 Å². The molecular weight excluding hydrogens is 334 g/mol. The molecule has 0 unspecified atom stereocenters. The predicted octanol–water partition coefficient (Wildman–Crippen LogP) is 0.961. The quantitative estimate of drug-likeness (QED) is 0.746. The molecule has 0 spiro atoms. The Morgan fingerprint density at radius 2 is 1.58 bits per heavy atom. The molecular formula is C8H10IrNO2-. The van der Waals surface area contributed by atoms with Crippen LogP contribution in [0.1, 0.15) is 0 Å². The summed E-state index contributed by atoms with van der Waals surface area (Å²) in [5.41, 5.74) is 0.749. The number of aromatic hydroxyl groups is 2. The minimum absolute atomic E-state index is 0. The van der Waals surface area contributed by atoms with Crippen LogP contribution in [-0.4, -0.2) is 24.3 Å². The van der Waals surface area contributed by atoms with Gasteiger partial charge in [-0.3, -0.25) is 0 Å². The molecule has 1 aromatic rings. The maximum absolute atomic E-state index is 9.00. The SMILES string of the molecule is CN(C)c1cc(O)[c-]c(O)c1.[Ir]. The summed E-state index contributed by atoms with van der Waals surface area (Å²) in [6.07, 6.45) is 0. The first-order valence-corrected chi connectivity index (χ1v) is 3.22. The number of hydrogen-bond acceptors (Lipinski definition) is 3. The van der Waals surface area contributed by atoms with Crippen LogP contribution in [-0.2, 0) is 20.1 Å². The van der Waals surface area contributed by atoms with Gasteiger partial charge in [-0.15, -0.1) is 12.1 Å². The van der Waals surface area contributed by atoms with Crippen molar-refractivity contribution in [2.75, 3.05) is 19.0 Å². The van der Waals surface area contributed by atoms with Gasteiger partial charge in [0.25, 0.3) is 0 Å². The van der Waals surface area contributed by atoms with Crippen molar-refractivity contribution in [1.29, 1.82) is 0 Å². The van der Waals surface area contributed by atoms with Gasteiger partial charge in [-0.2, -0.15) is 0 Å². The van der Waals surface area contributed by atoms with Gasteiger partial charge in [0.1, 0.15) is 0 Å². The van der Waals surface area contributed by atoms with Crippen LogP contribution in [0.4, 0.5) is 5.69 Å². The Bertz CT molecular complexity index is 243. The molecule has 69 valence electrons. The van der Waals surface area contributed by atoms with Crippen molar-refractivity contribution < 1.29 is 30.3 Å². The zero-order chi connectivity index (χ0) is 8.43. The minimum atomic E-state index is -0.0475. The van der Waals surface area contributed by atoms with Gasteiger partial charge in [0.2, 0.25) is 0 Å². The molecule has 0 aliphatic rings. The fourth-order valence-corrected chi connectivity index (χ4v) is 0.783. The van der Waals surface area contributed by atoms with Crippen molar-refractivity contribution in [2.45, 2.75) is 0 Å². The standard InChI is InChI=1S/C8H10NO2.Ir/c1-9(2)6-3-7(10)5-8(11)4-6;/h3-4,10-11H,1-2H3;/q-1;. The van der Waals surface area contributed by atoms with Crippen LogP contribution in [0.15, 0.2) is 12.1 Å². The molecule has 1 rings (SSSR count). The number of benzene rings is 1. The molecule has 0 amide bonds. The van der Waals surface area contributed by atoms with Crippen LogP contribution in [0, 0.1) is 6.07 Å². The summed E-state index contributed by atoms with van der Waals surface area (Å²) in [4.78, 5) is 1.78. The molecule has 0 aromatic heterocycles. The molecule has 3 nitrogen and oxygen atoms in total. The van der Waals surface area contributed by atoms with E-state index in [1.165, 1.54) is 12.1 Å². The molecule has 0 saturated carbocycles. The smallest absolute Gasteiger partial charge is 0.00943 e. The monoisotopic (exact) mass is 345 g/mol. The van der Waals surface area contributed by atoms with Crippen LogP contribution in [0.2, 0.25) is 0 Å².